The first-order valence-corrected chi connectivity index (χ1v) is 9.25. The van der Waals surface area contributed by atoms with E-state index in [2.05, 4.69) is 10.2 Å². The first kappa shape index (κ1) is 21.3. The smallest absolute Gasteiger partial charge is 0.407 e. The van der Waals surface area contributed by atoms with Gasteiger partial charge in [-0.1, -0.05) is 48.5 Å². The number of rotatable bonds is 9. The summed E-state index contributed by atoms with van der Waals surface area (Å²) in [7, 11) is 1.36. The van der Waals surface area contributed by atoms with Gasteiger partial charge in [-0.25, -0.2) is 15.1 Å². The molecule has 9 nitrogen and oxygen atoms in total. The predicted molar refractivity (Wildman–Crippen MR) is 106 cm³/mol. The summed E-state index contributed by atoms with van der Waals surface area (Å²) in [5.74, 6) is -2.12. The second kappa shape index (κ2) is 9.86. The molecule has 2 aromatic rings. The molecule has 0 aliphatic heterocycles. The lowest BCUT2D eigenvalue weighted by Gasteiger charge is -2.19. The number of carbonyl (C=O) groups is 3. The number of fused-ring (bicyclic) bond motifs is 3. The number of aliphatic carboxylic acids is 1. The largest absolute Gasteiger partial charge is 0.479 e. The van der Waals surface area contributed by atoms with Crippen molar-refractivity contribution in [2.75, 3.05) is 26.9 Å². The van der Waals surface area contributed by atoms with Crippen molar-refractivity contribution in [1.29, 1.82) is 0 Å². The average molecular weight is 414 g/mol. The molecule has 0 saturated heterocycles. The topological polar surface area (TPSA) is 123 Å². The van der Waals surface area contributed by atoms with Crippen LogP contribution in [0.25, 0.3) is 11.1 Å². The highest BCUT2D eigenvalue weighted by Gasteiger charge is 2.29. The number of carboxylic acids is 1. The Morgan fingerprint density at radius 2 is 1.63 bits per heavy atom. The Hall–Kier alpha value is -3.43. The normalized spacial score (nSPS) is 13.1. The van der Waals surface area contributed by atoms with Crippen LogP contribution in [-0.4, -0.2) is 56.0 Å². The molecule has 0 heterocycles. The number of alkyl carbamates (subject to hydrolysis) is 1. The fraction of sp³-hybridized carbons (Fsp3) is 0.286. The van der Waals surface area contributed by atoms with Crippen LogP contribution >= 0.6 is 0 Å². The fourth-order valence-electron chi connectivity index (χ4n) is 3.37. The van der Waals surface area contributed by atoms with Crippen molar-refractivity contribution in [2.24, 2.45) is 0 Å². The van der Waals surface area contributed by atoms with Crippen LogP contribution in [0.2, 0.25) is 0 Å². The number of hydrogen-bond donors (Lipinski definition) is 3. The number of benzene rings is 2. The Morgan fingerprint density at radius 3 is 2.20 bits per heavy atom. The van der Waals surface area contributed by atoms with Crippen LogP contribution in [0.1, 0.15) is 17.0 Å². The maximum atomic E-state index is 12.3. The van der Waals surface area contributed by atoms with Gasteiger partial charge in [0.1, 0.15) is 12.6 Å². The molecule has 0 aromatic heterocycles. The summed E-state index contributed by atoms with van der Waals surface area (Å²) in [5.41, 5.74) is 6.31. The third-order valence-electron chi connectivity index (χ3n) is 4.65. The van der Waals surface area contributed by atoms with Gasteiger partial charge in [-0.15, -0.1) is 0 Å². The lowest BCUT2D eigenvalue weighted by Crippen LogP contribution is -2.49. The molecule has 0 saturated carbocycles. The highest BCUT2D eigenvalue weighted by Crippen LogP contribution is 2.44. The number of amides is 2. The number of carboxylic acid groups (broad SMARTS) is 1. The zero-order valence-electron chi connectivity index (χ0n) is 16.3. The minimum Gasteiger partial charge on any atom is -0.479 e. The molecule has 0 unspecified atom stereocenters. The van der Waals surface area contributed by atoms with Crippen molar-refractivity contribution in [1.82, 2.24) is 10.8 Å². The minimum atomic E-state index is -1.25. The summed E-state index contributed by atoms with van der Waals surface area (Å²) in [5, 5.41) is 10.9. The number of nitrogens with one attached hydrogen (secondary N) is 2. The lowest BCUT2D eigenvalue weighted by molar-refractivity contribution is -0.150. The third-order valence-corrected chi connectivity index (χ3v) is 4.65. The average Bonchev–Trinajstić information content (AvgIpc) is 3.05. The molecule has 0 spiro atoms. The van der Waals surface area contributed by atoms with Crippen molar-refractivity contribution in [3.05, 3.63) is 59.7 Å². The van der Waals surface area contributed by atoms with E-state index < -0.39 is 30.6 Å². The lowest BCUT2D eigenvalue weighted by atomic mass is 9.98. The van der Waals surface area contributed by atoms with Crippen LogP contribution in [0.5, 0.6) is 0 Å². The van der Waals surface area contributed by atoms with E-state index in [4.69, 9.17) is 14.6 Å². The van der Waals surface area contributed by atoms with E-state index in [1.807, 2.05) is 54.0 Å². The number of hydrogen-bond acceptors (Lipinski definition) is 6. The van der Waals surface area contributed by atoms with Crippen molar-refractivity contribution in [2.45, 2.75) is 12.0 Å². The Bertz CT molecular complexity index is 886. The van der Waals surface area contributed by atoms with E-state index in [9.17, 15) is 14.4 Å². The van der Waals surface area contributed by atoms with Gasteiger partial charge < -0.3 is 19.9 Å². The van der Waals surface area contributed by atoms with E-state index in [1.54, 1.807) is 0 Å². The Kier molecular flexibility index (Phi) is 6.99. The molecule has 0 radical (unpaired) electrons. The second-order valence-corrected chi connectivity index (χ2v) is 6.63. The third kappa shape index (κ3) is 4.94. The number of methoxy groups -OCH3 is 1. The summed E-state index contributed by atoms with van der Waals surface area (Å²) >= 11 is 0. The van der Waals surface area contributed by atoms with Crippen molar-refractivity contribution in [3.63, 3.8) is 0 Å². The van der Waals surface area contributed by atoms with Gasteiger partial charge in [0.15, 0.2) is 6.61 Å². The Balaban J connectivity index is 1.60. The van der Waals surface area contributed by atoms with Gasteiger partial charge in [0.05, 0.1) is 6.61 Å². The zero-order valence-corrected chi connectivity index (χ0v) is 16.3. The van der Waals surface area contributed by atoms with E-state index in [0.717, 1.165) is 22.3 Å². The molecule has 30 heavy (non-hydrogen) atoms. The van der Waals surface area contributed by atoms with Gasteiger partial charge >= 0.3 is 12.1 Å². The highest BCUT2D eigenvalue weighted by atomic mass is 16.7. The monoisotopic (exact) mass is 414 g/mol. The van der Waals surface area contributed by atoms with Gasteiger partial charge in [-0.3, -0.25) is 9.63 Å². The summed E-state index contributed by atoms with van der Waals surface area (Å²) < 4.78 is 10.3. The van der Waals surface area contributed by atoms with Crippen LogP contribution in [0.3, 0.4) is 0 Å². The van der Waals surface area contributed by atoms with Crippen molar-refractivity contribution in [3.8, 4) is 11.1 Å². The molecule has 3 N–H and O–H groups in total. The van der Waals surface area contributed by atoms with E-state index in [0.29, 0.717) is 0 Å². The van der Waals surface area contributed by atoms with Gasteiger partial charge in [0.25, 0.3) is 5.91 Å². The summed E-state index contributed by atoms with van der Waals surface area (Å²) in [6.45, 7) is -0.764. The van der Waals surface area contributed by atoms with E-state index in [-0.39, 0.29) is 19.1 Å². The van der Waals surface area contributed by atoms with Gasteiger partial charge in [-0.2, -0.15) is 0 Å². The maximum absolute atomic E-state index is 12.3. The van der Waals surface area contributed by atoms with Crippen LogP contribution < -0.4 is 10.8 Å². The molecule has 1 aliphatic rings. The number of carbonyl (C=O) groups excluding carboxylic acids is 2. The standard InChI is InChI=1S/C21H22N2O7/c1-28-11-18(20(26)23-30-12-19(24)25)22-21(27)29-10-17-15-8-4-2-6-13(15)14-7-3-5-9-16(14)17/h2-9,17-18H,10-12H2,1H3,(H,22,27)(H,23,26)(H,24,25)/t18-/m0/s1. The summed E-state index contributed by atoms with van der Waals surface area (Å²) in [6.07, 6.45) is -0.799. The van der Waals surface area contributed by atoms with Crippen LogP contribution in [0.4, 0.5) is 4.79 Å². The van der Waals surface area contributed by atoms with Gasteiger partial charge in [0.2, 0.25) is 0 Å². The molecule has 1 aliphatic carbocycles. The Labute approximate surface area is 172 Å². The van der Waals surface area contributed by atoms with Gasteiger partial charge in [-0.05, 0) is 22.3 Å². The van der Waals surface area contributed by atoms with E-state index in [1.165, 1.54) is 7.11 Å². The van der Waals surface area contributed by atoms with Crippen LogP contribution in [0.15, 0.2) is 48.5 Å². The second-order valence-electron chi connectivity index (χ2n) is 6.63. The summed E-state index contributed by atoms with van der Waals surface area (Å²) in [6, 6.07) is 14.8. The molecule has 2 aromatic carbocycles. The summed E-state index contributed by atoms with van der Waals surface area (Å²) in [4.78, 5) is 39.3. The molecule has 3 rings (SSSR count). The minimum absolute atomic E-state index is 0.0939. The number of hydroxylamine groups is 1. The quantitative estimate of drug-likeness (QED) is 0.533. The molecular formula is C21H22N2O7. The molecule has 158 valence electrons. The maximum Gasteiger partial charge on any atom is 0.407 e. The van der Waals surface area contributed by atoms with Crippen LogP contribution in [0, 0.1) is 0 Å². The first-order chi connectivity index (χ1) is 14.5. The Morgan fingerprint density at radius 1 is 1.03 bits per heavy atom. The molecule has 9 heteroatoms. The molecule has 1 atom stereocenters. The molecule has 0 bridgehead atoms. The zero-order chi connectivity index (χ0) is 21.5. The predicted octanol–water partition coefficient (Wildman–Crippen LogP) is 1.67. The van der Waals surface area contributed by atoms with Gasteiger partial charge in [0, 0.05) is 13.0 Å². The molecule has 2 amide bonds. The first-order valence-electron chi connectivity index (χ1n) is 9.25. The van der Waals surface area contributed by atoms with Crippen molar-refractivity contribution < 1.29 is 33.8 Å². The highest BCUT2D eigenvalue weighted by molar-refractivity contribution is 5.85. The van der Waals surface area contributed by atoms with E-state index >= 15 is 0 Å². The fourth-order valence-corrected chi connectivity index (χ4v) is 3.37. The molecule has 0 fully saturated rings. The van der Waals surface area contributed by atoms with Crippen LogP contribution in [-0.2, 0) is 23.9 Å². The molecular weight excluding hydrogens is 392 g/mol. The van der Waals surface area contributed by atoms with Crippen molar-refractivity contribution >= 4 is 18.0 Å². The SMILES string of the molecule is COC[C@H](NC(=O)OCC1c2ccccc2-c2ccccc21)C(=O)NOCC(=O)O. The number of ether oxygens (including phenoxy) is 2.